The van der Waals surface area contributed by atoms with Crippen molar-refractivity contribution in [2.75, 3.05) is 13.2 Å². The highest BCUT2D eigenvalue weighted by Gasteiger charge is 2.24. The zero-order valence-corrected chi connectivity index (χ0v) is 10.0. The van der Waals surface area contributed by atoms with Crippen LogP contribution in [0.25, 0.3) is 0 Å². The highest BCUT2D eigenvalue weighted by atomic mass is 16.5. The molecular weight excluding hydrogens is 186 g/mol. The quantitative estimate of drug-likeness (QED) is 0.492. The van der Waals surface area contributed by atoms with Crippen LogP contribution < -0.4 is 5.32 Å². The average Bonchev–Trinajstić information content (AvgIpc) is 2.76. The lowest BCUT2D eigenvalue weighted by molar-refractivity contribution is 0.0750. The lowest BCUT2D eigenvalue weighted by Crippen LogP contribution is -2.39. The lowest BCUT2D eigenvalue weighted by atomic mass is 10.0. The van der Waals surface area contributed by atoms with E-state index in [9.17, 15) is 0 Å². The van der Waals surface area contributed by atoms with Crippen LogP contribution in [0.1, 0.15) is 45.4 Å². The Morgan fingerprint density at radius 1 is 1.60 bits per heavy atom. The van der Waals surface area contributed by atoms with Crippen LogP contribution >= 0.6 is 0 Å². The van der Waals surface area contributed by atoms with Crippen molar-refractivity contribution in [3.63, 3.8) is 0 Å². The molecule has 0 aromatic carbocycles. The summed E-state index contributed by atoms with van der Waals surface area (Å²) in [6.07, 6.45) is 9.70. The van der Waals surface area contributed by atoms with Gasteiger partial charge in [-0.1, -0.05) is 13.0 Å². The van der Waals surface area contributed by atoms with Crippen molar-refractivity contribution in [2.45, 2.75) is 57.6 Å². The summed E-state index contributed by atoms with van der Waals surface area (Å²) < 4.78 is 5.75. The third kappa shape index (κ3) is 4.80. The van der Waals surface area contributed by atoms with Gasteiger partial charge in [0.2, 0.25) is 0 Å². The molecular formula is C13H25NO. The van der Waals surface area contributed by atoms with E-state index >= 15 is 0 Å². The third-order valence-corrected chi connectivity index (χ3v) is 2.99. The number of rotatable bonds is 8. The predicted molar refractivity (Wildman–Crippen MR) is 65.1 cm³/mol. The molecule has 2 heteroatoms. The van der Waals surface area contributed by atoms with E-state index in [1.165, 1.54) is 32.1 Å². The molecule has 1 N–H and O–H groups in total. The van der Waals surface area contributed by atoms with Gasteiger partial charge in [-0.25, -0.2) is 0 Å². The largest absolute Gasteiger partial charge is 0.377 e. The molecule has 1 saturated heterocycles. The van der Waals surface area contributed by atoms with Gasteiger partial charge in [0.25, 0.3) is 0 Å². The second kappa shape index (κ2) is 7.89. The first-order valence-corrected chi connectivity index (χ1v) is 6.34. The van der Waals surface area contributed by atoms with Crippen LogP contribution in [0.2, 0.25) is 0 Å². The van der Waals surface area contributed by atoms with Gasteiger partial charge >= 0.3 is 0 Å². The van der Waals surface area contributed by atoms with Crippen molar-refractivity contribution < 1.29 is 4.74 Å². The van der Waals surface area contributed by atoms with Crippen molar-refractivity contribution in [3.05, 3.63) is 12.7 Å². The molecule has 0 spiro atoms. The first-order valence-electron chi connectivity index (χ1n) is 6.34. The van der Waals surface area contributed by atoms with E-state index in [1.54, 1.807) is 0 Å². The van der Waals surface area contributed by atoms with E-state index in [-0.39, 0.29) is 0 Å². The highest BCUT2D eigenvalue weighted by Crippen LogP contribution is 2.19. The van der Waals surface area contributed by atoms with Gasteiger partial charge in [0, 0.05) is 12.6 Å². The summed E-state index contributed by atoms with van der Waals surface area (Å²) in [5.74, 6) is 0. The number of hydrogen-bond donors (Lipinski definition) is 1. The molecule has 88 valence electrons. The van der Waals surface area contributed by atoms with Crippen molar-refractivity contribution in [2.24, 2.45) is 0 Å². The molecule has 2 unspecified atom stereocenters. The molecule has 0 saturated carbocycles. The van der Waals surface area contributed by atoms with Gasteiger partial charge in [-0.2, -0.15) is 0 Å². The van der Waals surface area contributed by atoms with Crippen LogP contribution in [0.3, 0.4) is 0 Å². The minimum absolute atomic E-state index is 0.460. The van der Waals surface area contributed by atoms with Gasteiger partial charge in [0.05, 0.1) is 6.10 Å². The predicted octanol–water partition coefficient (Wildman–Crippen LogP) is 2.89. The van der Waals surface area contributed by atoms with Gasteiger partial charge in [-0.3, -0.25) is 0 Å². The van der Waals surface area contributed by atoms with Gasteiger partial charge in [0.15, 0.2) is 0 Å². The van der Waals surface area contributed by atoms with Crippen LogP contribution in [-0.4, -0.2) is 25.3 Å². The van der Waals surface area contributed by atoms with E-state index in [0.717, 1.165) is 19.6 Å². The maximum absolute atomic E-state index is 5.75. The maximum atomic E-state index is 5.75. The van der Waals surface area contributed by atoms with Crippen molar-refractivity contribution in [3.8, 4) is 0 Å². The molecule has 0 aromatic rings. The van der Waals surface area contributed by atoms with Crippen LogP contribution in [0.15, 0.2) is 12.7 Å². The minimum atomic E-state index is 0.460. The first-order chi connectivity index (χ1) is 7.38. The number of ether oxygens (including phenoxy) is 1. The molecule has 1 fully saturated rings. The number of hydrogen-bond acceptors (Lipinski definition) is 2. The van der Waals surface area contributed by atoms with Crippen molar-refractivity contribution in [1.29, 1.82) is 0 Å². The molecule has 0 radical (unpaired) electrons. The Labute approximate surface area is 94.1 Å². The van der Waals surface area contributed by atoms with E-state index in [2.05, 4.69) is 18.8 Å². The van der Waals surface area contributed by atoms with E-state index in [4.69, 9.17) is 4.74 Å². The molecule has 1 rings (SSSR count). The Balaban J connectivity index is 2.26. The summed E-state index contributed by atoms with van der Waals surface area (Å²) in [5, 5.41) is 3.61. The Kier molecular flexibility index (Phi) is 6.69. The summed E-state index contributed by atoms with van der Waals surface area (Å²) >= 11 is 0. The zero-order chi connectivity index (χ0) is 10.9. The number of unbranched alkanes of at least 4 members (excludes halogenated alkanes) is 1. The Morgan fingerprint density at radius 2 is 2.47 bits per heavy atom. The molecule has 0 aliphatic carbocycles. The van der Waals surface area contributed by atoms with Gasteiger partial charge in [0.1, 0.15) is 0 Å². The van der Waals surface area contributed by atoms with E-state index in [1.807, 2.05) is 6.08 Å². The summed E-state index contributed by atoms with van der Waals surface area (Å²) in [4.78, 5) is 0. The summed E-state index contributed by atoms with van der Waals surface area (Å²) in [6.45, 7) is 8.04. The Hall–Kier alpha value is -0.340. The fraction of sp³-hybridized carbons (Fsp3) is 0.846. The summed E-state index contributed by atoms with van der Waals surface area (Å²) in [5.41, 5.74) is 0. The third-order valence-electron chi connectivity index (χ3n) is 2.99. The number of allylic oxidation sites excluding steroid dienone is 1. The molecule has 15 heavy (non-hydrogen) atoms. The molecule has 1 aliphatic heterocycles. The Morgan fingerprint density at radius 3 is 3.07 bits per heavy atom. The van der Waals surface area contributed by atoms with Crippen LogP contribution in [-0.2, 0) is 4.74 Å². The molecule has 0 aromatic heterocycles. The van der Waals surface area contributed by atoms with Gasteiger partial charge < -0.3 is 10.1 Å². The van der Waals surface area contributed by atoms with E-state index < -0.39 is 0 Å². The van der Waals surface area contributed by atoms with Crippen LogP contribution in [0.5, 0.6) is 0 Å². The van der Waals surface area contributed by atoms with E-state index in [0.29, 0.717) is 12.1 Å². The minimum Gasteiger partial charge on any atom is -0.377 e. The van der Waals surface area contributed by atoms with Gasteiger partial charge in [-0.05, 0) is 45.1 Å². The topological polar surface area (TPSA) is 21.3 Å². The number of nitrogens with one attached hydrogen (secondary N) is 1. The smallest absolute Gasteiger partial charge is 0.0728 e. The SMILES string of the molecule is C=CCCCC(NCCC)C1CCCO1. The first kappa shape index (κ1) is 12.7. The monoisotopic (exact) mass is 211 g/mol. The molecule has 0 bridgehead atoms. The molecule has 0 amide bonds. The normalized spacial score (nSPS) is 22.9. The van der Waals surface area contributed by atoms with Crippen molar-refractivity contribution in [1.82, 2.24) is 5.32 Å². The molecule has 1 aliphatic rings. The standard InChI is InChI=1S/C13H25NO/c1-3-5-6-8-12(14-10-4-2)13-9-7-11-15-13/h3,12-14H,1,4-11H2,2H3. The second-order valence-electron chi connectivity index (χ2n) is 4.33. The molecule has 1 heterocycles. The molecule has 2 atom stereocenters. The lowest BCUT2D eigenvalue weighted by Gasteiger charge is -2.24. The van der Waals surface area contributed by atoms with Gasteiger partial charge in [-0.15, -0.1) is 6.58 Å². The highest BCUT2D eigenvalue weighted by molar-refractivity contribution is 4.81. The zero-order valence-electron chi connectivity index (χ0n) is 10.0. The van der Waals surface area contributed by atoms with Crippen molar-refractivity contribution >= 4 is 0 Å². The summed E-state index contributed by atoms with van der Waals surface area (Å²) in [7, 11) is 0. The maximum Gasteiger partial charge on any atom is 0.0728 e. The second-order valence-corrected chi connectivity index (χ2v) is 4.33. The fourth-order valence-corrected chi connectivity index (χ4v) is 2.15. The van der Waals surface area contributed by atoms with Crippen LogP contribution in [0.4, 0.5) is 0 Å². The molecule has 2 nitrogen and oxygen atoms in total. The summed E-state index contributed by atoms with van der Waals surface area (Å²) in [6, 6.07) is 0.562. The average molecular weight is 211 g/mol. The fourth-order valence-electron chi connectivity index (χ4n) is 2.15. The Bertz CT molecular complexity index is 164. The van der Waals surface area contributed by atoms with Crippen LogP contribution in [0, 0.1) is 0 Å².